The molecule has 1 aromatic carbocycles. The van der Waals surface area contributed by atoms with Crippen LogP contribution < -0.4 is 4.74 Å². The molecular formula is C33H40O12. The molecule has 0 amide bonds. The van der Waals surface area contributed by atoms with Crippen LogP contribution in [0.3, 0.4) is 0 Å². The fraction of sp³-hybridized carbons (Fsp3) is 0.606. The lowest BCUT2D eigenvalue weighted by atomic mass is 9.54. The number of hydrogen-bond donors (Lipinski definition) is 0. The van der Waals surface area contributed by atoms with Gasteiger partial charge in [0.25, 0.3) is 0 Å². The van der Waals surface area contributed by atoms with Gasteiger partial charge in [-0.25, -0.2) is 0 Å². The molecule has 5 aliphatic rings. The molecule has 1 heterocycles. The molecule has 1 aliphatic heterocycles. The average Bonchev–Trinajstić information content (AvgIpc) is 2.96. The van der Waals surface area contributed by atoms with Crippen LogP contribution in [0.2, 0.25) is 0 Å². The molecule has 12 nitrogen and oxygen atoms in total. The van der Waals surface area contributed by atoms with E-state index in [4.69, 9.17) is 33.2 Å². The van der Waals surface area contributed by atoms with Crippen LogP contribution >= 0.6 is 0 Å². The number of ether oxygens (including phenoxy) is 7. The normalized spacial score (nSPS) is 31.4. The molecule has 4 saturated carbocycles. The maximum Gasteiger partial charge on any atom is 0.303 e. The third-order valence-electron chi connectivity index (χ3n) is 9.08. The molecule has 4 bridgehead atoms. The van der Waals surface area contributed by atoms with Crippen molar-refractivity contribution in [3.05, 3.63) is 34.9 Å². The van der Waals surface area contributed by atoms with Crippen LogP contribution in [0.4, 0.5) is 0 Å². The highest BCUT2D eigenvalue weighted by molar-refractivity contribution is 5.85. The van der Waals surface area contributed by atoms with Gasteiger partial charge >= 0.3 is 23.9 Å². The van der Waals surface area contributed by atoms with Gasteiger partial charge in [0.15, 0.2) is 18.5 Å². The fourth-order valence-corrected chi connectivity index (χ4v) is 7.77. The Kier molecular flexibility index (Phi) is 9.81. The molecule has 45 heavy (non-hydrogen) atoms. The van der Waals surface area contributed by atoms with E-state index in [0.29, 0.717) is 28.7 Å². The summed E-state index contributed by atoms with van der Waals surface area (Å²) < 4.78 is 40.0. The number of hydrogen-bond acceptors (Lipinski definition) is 12. The van der Waals surface area contributed by atoms with E-state index >= 15 is 0 Å². The number of carbonyl (C=O) groups is 5. The van der Waals surface area contributed by atoms with E-state index in [1.807, 2.05) is 0 Å². The molecule has 0 radical (unpaired) electrons. The quantitative estimate of drug-likeness (QED) is 0.161. The van der Waals surface area contributed by atoms with Crippen LogP contribution in [0.15, 0.2) is 23.8 Å². The topological polar surface area (TPSA) is 150 Å². The van der Waals surface area contributed by atoms with Crippen molar-refractivity contribution in [2.45, 2.75) is 90.5 Å². The van der Waals surface area contributed by atoms with Crippen LogP contribution in [0.1, 0.15) is 75.7 Å². The minimum Gasteiger partial charge on any atom is -0.496 e. The van der Waals surface area contributed by atoms with Gasteiger partial charge in [-0.1, -0.05) is 0 Å². The lowest BCUT2D eigenvalue weighted by molar-refractivity contribution is -0.288. The first kappa shape index (κ1) is 32.5. The Bertz CT molecular complexity index is 1340. The standard InChI is InChI=1S/C33H40O12/c1-16(35)40-15-27-30(41-17(2)36)31(42-18(3)37)32(43-19(4)38)33(45-27)44-25-7-6-22(14-34)26(13-25)29(39-5)28-23-9-20-8-21(11-23)12-24(28)10-20/h6-7,13-14,20-21,23-24,27,30-33H,8-12,15H2,1-5H3/t20?,21?,23?,24?,27?,30-,31?,32?,33+/m0/s1. The van der Waals surface area contributed by atoms with E-state index in [2.05, 4.69) is 0 Å². The zero-order valence-electron chi connectivity index (χ0n) is 26.1. The van der Waals surface area contributed by atoms with Gasteiger partial charge in [0.05, 0.1) is 7.11 Å². The van der Waals surface area contributed by atoms with E-state index in [9.17, 15) is 24.0 Å². The highest BCUT2D eigenvalue weighted by Gasteiger charge is 2.53. The van der Waals surface area contributed by atoms with E-state index in [-0.39, 0.29) is 12.4 Å². The number of benzene rings is 1. The number of allylic oxidation sites excluding steroid dienone is 1. The lowest BCUT2D eigenvalue weighted by Gasteiger charge is -2.51. The van der Waals surface area contributed by atoms with E-state index in [0.717, 1.165) is 64.6 Å². The Morgan fingerprint density at radius 1 is 0.800 bits per heavy atom. The summed E-state index contributed by atoms with van der Waals surface area (Å²) >= 11 is 0. The van der Waals surface area contributed by atoms with Crippen LogP contribution in [-0.4, -0.2) is 74.6 Å². The van der Waals surface area contributed by atoms with Crippen LogP contribution in [0.25, 0.3) is 5.76 Å². The average molecular weight is 629 g/mol. The maximum atomic E-state index is 12.2. The molecule has 1 saturated heterocycles. The highest BCUT2D eigenvalue weighted by Crippen LogP contribution is 2.58. The Labute approximate surface area is 261 Å². The first-order valence-electron chi connectivity index (χ1n) is 15.3. The zero-order valence-corrected chi connectivity index (χ0v) is 26.1. The van der Waals surface area contributed by atoms with E-state index in [1.165, 1.54) is 18.9 Å². The molecule has 244 valence electrons. The Hall–Kier alpha value is -3.93. The largest absolute Gasteiger partial charge is 0.496 e. The summed E-state index contributed by atoms with van der Waals surface area (Å²) in [6, 6.07) is 4.85. The number of rotatable bonds is 10. The van der Waals surface area contributed by atoms with Crippen molar-refractivity contribution in [2.24, 2.45) is 23.7 Å². The second-order valence-corrected chi connectivity index (χ2v) is 12.3. The molecular weight excluding hydrogens is 588 g/mol. The highest BCUT2D eigenvalue weighted by atomic mass is 16.7. The number of esters is 4. The van der Waals surface area contributed by atoms with Crippen LogP contribution in [0, 0.1) is 23.7 Å². The minimum absolute atomic E-state index is 0.246. The van der Waals surface area contributed by atoms with Crippen molar-refractivity contribution in [3.8, 4) is 5.75 Å². The van der Waals surface area contributed by atoms with Crippen LogP contribution in [0.5, 0.6) is 5.75 Å². The number of methoxy groups -OCH3 is 1. The molecule has 3 unspecified atom stereocenters. The Balaban J connectivity index is 1.52. The second-order valence-electron chi connectivity index (χ2n) is 12.3. The molecule has 0 aromatic heterocycles. The van der Waals surface area contributed by atoms with Gasteiger partial charge in [-0.15, -0.1) is 0 Å². The van der Waals surface area contributed by atoms with Crippen LogP contribution in [-0.2, 0) is 47.6 Å². The Morgan fingerprint density at radius 3 is 1.91 bits per heavy atom. The van der Waals surface area contributed by atoms with Crippen molar-refractivity contribution in [2.75, 3.05) is 13.7 Å². The molecule has 5 fully saturated rings. The maximum absolute atomic E-state index is 12.2. The van der Waals surface area contributed by atoms with Crippen molar-refractivity contribution in [1.82, 2.24) is 0 Å². The van der Waals surface area contributed by atoms with Gasteiger partial charge < -0.3 is 33.2 Å². The van der Waals surface area contributed by atoms with Gasteiger partial charge in [0, 0.05) is 38.8 Å². The summed E-state index contributed by atoms with van der Waals surface area (Å²) in [5.41, 5.74) is 2.23. The van der Waals surface area contributed by atoms with E-state index < -0.39 is 54.6 Å². The smallest absolute Gasteiger partial charge is 0.303 e. The van der Waals surface area contributed by atoms with Crippen molar-refractivity contribution >= 4 is 35.9 Å². The summed E-state index contributed by atoms with van der Waals surface area (Å²) in [6.45, 7) is 4.28. The van der Waals surface area contributed by atoms with Crippen molar-refractivity contribution < 1.29 is 57.1 Å². The second kappa shape index (κ2) is 13.6. The SMILES string of the molecule is COC(=C1C2CC3CC(C2)CC1C3)c1cc(O[C@@H]2OC(COC(C)=O)[C@H](OC(C)=O)C(OC(C)=O)C2OC(C)=O)ccc1C=O. The lowest BCUT2D eigenvalue weighted by Crippen LogP contribution is -2.63. The monoisotopic (exact) mass is 628 g/mol. The third-order valence-corrected chi connectivity index (χ3v) is 9.08. The van der Waals surface area contributed by atoms with Gasteiger partial charge in [-0.2, -0.15) is 0 Å². The predicted octanol–water partition coefficient (Wildman–Crippen LogP) is 3.77. The molecule has 6 rings (SSSR count). The van der Waals surface area contributed by atoms with Gasteiger partial charge in [0.1, 0.15) is 24.2 Å². The molecule has 0 N–H and O–H groups in total. The zero-order chi connectivity index (χ0) is 32.4. The molecule has 5 atom stereocenters. The van der Waals surface area contributed by atoms with Gasteiger partial charge in [-0.3, -0.25) is 24.0 Å². The number of aldehydes is 1. The molecule has 12 heteroatoms. The molecule has 1 aromatic rings. The predicted molar refractivity (Wildman–Crippen MR) is 155 cm³/mol. The molecule has 0 spiro atoms. The Morgan fingerprint density at radius 2 is 1.38 bits per heavy atom. The van der Waals surface area contributed by atoms with Gasteiger partial charge in [-0.05, 0) is 79.5 Å². The summed E-state index contributed by atoms with van der Waals surface area (Å²) in [4.78, 5) is 60.3. The third kappa shape index (κ3) is 7.16. The van der Waals surface area contributed by atoms with Crippen molar-refractivity contribution in [1.29, 1.82) is 0 Å². The summed E-state index contributed by atoms with van der Waals surface area (Å²) in [5.74, 6) is 0.351. The van der Waals surface area contributed by atoms with Crippen molar-refractivity contribution in [3.63, 3.8) is 0 Å². The van der Waals surface area contributed by atoms with Gasteiger partial charge in [0.2, 0.25) is 12.4 Å². The summed E-state index contributed by atoms with van der Waals surface area (Å²) in [7, 11) is 1.61. The first-order chi connectivity index (χ1) is 21.5. The summed E-state index contributed by atoms with van der Waals surface area (Å²) in [5, 5.41) is 0. The van der Waals surface area contributed by atoms with E-state index in [1.54, 1.807) is 25.3 Å². The first-order valence-corrected chi connectivity index (χ1v) is 15.3. The fourth-order valence-electron chi connectivity index (χ4n) is 7.77. The summed E-state index contributed by atoms with van der Waals surface area (Å²) in [6.07, 6.45) is -0.0818. The minimum atomic E-state index is -1.40. The molecule has 4 aliphatic carbocycles. The number of carbonyl (C=O) groups excluding carboxylic acids is 5.